The van der Waals surface area contributed by atoms with Gasteiger partial charge in [0.2, 0.25) is 0 Å². The van der Waals surface area contributed by atoms with E-state index in [0.717, 1.165) is 25.7 Å². The molecule has 33 heavy (non-hydrogen) atoms. The molecule has 0 unspecified atom stereocenters. The molecular formula is C25H29ClN2O5. The van der Waals surface area contributed by atoms with Gasteiger partial charge < -0.3 is 20.1 Å². The third-order valence-electron chi connectivity index (χ3n) is 5.52. The molecule has 0 spiro atoms. The first kappa shape index (κ1) is 24.6. The molecule has 0 bridgehead atoms. The predicted octanol–water partition coefficient (Wildman–Crippen LogP) is 4.00. The van der Waals surface area contributed by atoms with E-state index in [1.54, 1.807) is 48.5 Å². The minimum Gasteiger partial charge on any atom is -0.490 e. The van der Waals surface area contributed by atoms with Gasteiger partial charge in [0.25, 0.3) is 11.8 Å². The van der Waals surface area contributed by atoms with Gasteiger partial charge in [-0.1, -0.05) is 11.6 Å². The van der Waals surface area contributed by atoms with Gasteiger partial charge in [-0.3, -0.25) is 14.4 Å². The molecule has 2 amide bonds. The lowest BCUT2D eigenvalue weighted by Gasteiger charge is -2.27. The van der Waals surface area contributed by atoms with Gasteiger partial charge in [0.15, 0.2) is 0 Å². The highest BCUT2D eigenvalue weighted by Crippen LogP contribution is 2.28. The van der Waals surface area contributed by atoms with Crippen molar-refractivity contribution in [2.45, 2.75) is 38.7 Å². The van der Waals surface area contributed by atoms with Crippen LogP contribution in [0.1, 0.15) is 53.3 Å². The third-order valence-corrected chi connectivity index (χ3v) is 5.77. The Morgan fingerprint density at radius 3 is 1.88 bits per heavy atom. The van der Waals surface area contributed by atoms with Crippen LogP contribution in [0.4, 0.5) is 0 Å². The Kier molecular flexibility index (Phi) is 9.13. The summed E-state index contributed by atoms with van der Waals surface area (Å²) in [5, 5.41) is 6.10. The van der Waals surface area contributed by atoms with Gasteiger partial charge in [-0.25, -0.2) is 0 Å². The maximum atomic E-state index is 12.3. The number of carbonyl (C=O) groups is 3. The first-order valence-corrected chi connectivity index (χ1v) is 11.6. The fourth-order valence-corrected chi connectivity index (χ4v) is 3.84. The quantitative estimate of drug-likeness (QED) is 0.425. The molecule has 2 aromatic rings. The molecule has 0 heterocycles. The zero-order chi connectivity index (χ0) is 23.6. The number of rotatable bonds is 9. The van der Waals surface area contributed by atoms with Crippen LogP contribution in [-0.2, 0) is 9.53 Å². The Balaban J connectivity index is 1.37. The fraction of sp³-hybridized carbons (Fsp3) is 0.400. The monoisotopic (exact) mass is 472 g/mol. The third kappa shape index (κ3) is 7.49. The van der Waals surface area contributed by atoms with Crippen molar-refractivity contribution < 1.29 is 23.9 Å². The lowest BCUT2D eigenvalue weighted by Crippen LogP contribution is -2.34. The highest BCUT2D eigenvalue weighted by Gasteiger charge is 2.28. The number of hydrogen-bond donors (Lipinski definition) is 2. The number of halogens is 1. The number of amides is 2. The predicted molar refractivity (Wildman–Crippen MR) is 126 cm³/mol. The highest BCUT2D eigenvalue weighted by atomic mass is 35.5. The number of nitrogens with one attached hydrogen (secondary N) is 2. The van der Waals surface area contributed by atoms with Gasteiger partial charge in [-0.15, -0.1) is 0 Å². The maximum absolute atomic E-state index is 12.3. The molecule has 2 aromatic carbocycles. The van der Waals surface area contributed by atoms with Crippen LogP contribution in [0.2, 0.25) is 5.02 Å². The molecule has 3 rings (SSSR count). The van der Waals surface area contributed by atoms with Crippen LogP contribution in [0.25, 0.3) is 0 Å². The number of ether oxygens (including phenoxy) is 2. The summed E-state index contributed by atoms with van der Waals surface area (Å²) in [6.07, 6.45) is 3.18. The smallest absolute Gasteiger partial charge is 0.308 e. The zero-order valence-electron chi connectivity index (χ0n) is 18.6. The van der Waals surface area contributed by atoms with Crippen LogP contribution in [-0.4, -0.2) is 43.6 Å². The largest absolute Gasteiger partial charge is 0.490 e. The Hall–Kier alpha value is -3.06. The van der Waals surface area contributed by atoms with Gasteiger partial charge in [0.1, 0.15) is 5.75 Å². The summed E-state index contributed by atoms with van der Waals surface area (Å²) in [5.74, 6) is 0.0972. The average molecular weight is 473 g/mol. The molecule has 0 radical (unpaired) electrons. The zero-order valence-corrected chi connectivity index (χ0v) is 19.4. The molecule has 0 aliphatic heterocycles. The molecule has 1 fully saturated rings. The molecule has 0 atom stereocenters. The van der Waals surface area contributed by atoms with E-state index in [0.29, 0.717) is 41.6 Å². The van der Waals surface area contributed by atoms with Crippen LogP contribution >= 0.6 is 11.6 Å². The second kappa shape index (κ2) is 12.3. The topological polar surface area (TPSA) is 93.7 Å². The number of carbonyl (C=O) groups excluding carboxylic acids is 3. The minimum absolute atomic E-state index is 0.0353. The number of hydrogen-bond acceptors (Lipinski definition) is 5. The number of benzene rings is 2. The number of esters is 1. The Morgan fingerprint density at radius 1 is 0.848 bits per heavy atom. The summed E-state index contributed by atoms with van der Waals surface area (Å²) in [4.78, 5) is 36.2. The average Bonchev–Trinajstić information content (AvgIpc) is 2.83. The van der Waals surface area contributed by atoms with Crippen molar-refractivity contribution in [3.8, 4) is 5.75 Å². The van der Waals surface area contributed by atoms with Crippen LogP contribution in [0.15, 0.2) is 48.5 Å². The Bertz CT molecular complexity index is 938. The van der Waals surface area contributed by atoms with E-state index in [9.17, 15) is 14.4 Å². The highest BCUT2D eigenvalue weighted by molar-refractivity contribution is 6.30. The van der Waals surface area contributed by atoms with Crippen molar-refractivity contribution in [1.29, 1.82) is 0 Å². The van der Waals surface area contributed by atoms with Crippen LogP contribution in [0.3, 0.4) is 0 Å². The lowest BCUT2D eigenvalue weighted by molar-refractivity contribution is -0.149. The summed E-state index contributed by atoms with van der Waals surface area (Å²) < 4.78 is 11.1. The van der Waals surface area contributed by atoms with E-state index < -0.39 is 0 Å². The van der Waals surface area contributed by atoms with E-state index in [-0.39, 0.29) is 29.8 Å². The second-order valence-electron chi connectivity index (χ2n) is 7.89. The molecule has 0 aromatic heterocycles. The van der Waals surface area contributed by atoms with Crippen LogP contribution in [0.5, 0.6) is 5.75 Å². The molecule has 0 saturated heterocycles. The normalized spacial score (nSPS) is 17.6. The standard InChI is InChI=1S/C25H29ClN2O5/c1-2-32-25(31)19-7-13-22(14-8-19)33-21-11-5-18(6-12-21)24(30)28-16-15-27-23(29)17-3-9-20(26)10-4-17/h3-6,9-12,19,22H,2,7-8,13-16H2,1H3,(H,27,29)(H,28,30)/t19-,22-. The van der Waals surface area contributed by atoms with Crippen LogP contribution < -0.4 is 15.4 Å². The van der Waals surface area contributed by atoms with E-state index in [1.165, 1.54) is 0 Å². The SMILES string of the molecule is CCOC(=O)[C@H]1CC[C@H](Oc2ccc(C(=O)NCCNC(=O)c3ccc(Cl)cc3)cc2)CC1. The van der Waals surface area contributed by atoms with E-state index in [2.05, 4.69) is 10.6 Å². The second-order valence-corrected chi connectivity index (χ2v) is 8.32. The first-order chi connectivity index (χ1) is 16.0. The van der Waals surface area contributed by atoms with Crippen molar-refractivity contribution in [3.05, 3.63) is 64.7 Å². The van der Waals surface area contributed by atoms with Crippen molar-refractivity contribution in [2.24, 2.45) is 5.92 Å². The summed E-state index contributed by atoms with van der Waals surface area (Å²) in [6, 6.07) is 13.6. The van der Waals surface area contributed by atoms with E-state index in [1.807, 2.05) is 6.92 Å². The molecule has 1 aliphatic carbocycles. The molecule has 7 nitrogen and oxygen atoms in total. The van der Waals surface area contributed by atoms with Gasteiger partial charge in [-0.05, 0) is 81.1 Å². The van der Waals surface area contributed by atoms with E-state index in [4.69, 9.17) is 21.1 Å². The molecule has 1 aliphatic rings. The maximum Gasteiger partial charge on any atom is 0.308 e. The molecule has 176 valence electrons. The molecular weight excluding hydrogens is 444 g/mol. The molecule has 1 saturated carbocycles. The van der Waals surface area contributed by atoms with Gasteiger partial charge in [0.05, 0.1) is 18.6 Å². The minimum atomic E-state index is -0.225. The van der Waals surface area contributed by atoms with Gasteiger partial charge in [0, 0.05) is 29.2 Å². The molecule has 8 heteroatoms. The van der Waals surface area contributed by atoms with Crippen LogP contribution in [0, 0.1) is 5.92 Å². The lowest BCUT2D eigenvalue weighted by atomic mass is 9.87. The first-order valence-electron chi connectivity index (χ1n) is 11.2. The summed E-state index contributed by atoms with van der Waals surface area (Å²) in [7, 11) is 0. The van der Waals surface area contributed by atoms with Crippen molar-refractivity contribution in [2.75, 3.05) is 19.7 Å². The Morgan fingerprint density at radius 2 is 1.36 bits per heavy atom. The summed E-state index contributed by atoms with van der Waals surface area (Å²) in [6.45, 7) is 2.84. The van der Waals surface area contributed by atoms with Crippen molar-refractivity contribution in [1.82, 2.24) is 10.6 Å². The van der Waals surface area contributed by atoms with E-state index >= 15 is 0 Å². The summed E-state index contributed by atoms with van der Waals surface area (Å²) in [5.41, 5.74) is 1.02. The van der Waals surface area contributed by atoms with Gasteiger partial charge in [-0.2, -0.15) is 0 Å². The van der Waals surface area contributed by atoms with Gasteiger partial charge >= 0.3 is 5.97 Å². The summed E-state index contributed by atoms with van der Waals surface area (Å²) >= 11 is 5.82. The van der Waals surface area contributed by atoms with Crippen molar-refractivity contribution in [3.63, 3.8) is 0 Å². The Labute approximate surface area is 198 Å². The molecule has 2 N–H and O–H groups in total. The van der Waals surface area contributed by atoms with Crippen molar-refractivity contribution >= 4 is 29.4 Å². The fourth-order valence-electron chi connectivity index (χ4n) is 3.71.